The van der Waals surface area contributed by atoms with Crippen LogP contribution < -0.4 is 22.5 Å². The van der Waals surface area contributed by atoms with Gasteiger partial charge in [-0.2, -0.15) is 0 Å². The Morgan fingerprint density at radius 2 is 1.85 bits per heavy atom. The zero-order valence-corrected chi connectivity index (χ0v) is 14.6. The minimum Gasteiger partial charge on any atom is -0.384 e. The van der Waals surface area contributed by atoms with Gasteiger partial charge in [0.05, 0.1) is 23.8 Å². The van der Waals surface area contributed by atoms with E-state index in [1.54, 1.807) is 12.1 Å². The summed E-state index contributed by atoms with van der Waals surface area (Å²) in [5, 5.41) is 0.603. The number of Topliss-reactive ketones (excluding diaryl/α,β-unsaturated/α-hetero) is 1. The average Bonchev–Trinajstić information content (AvgIpc) is 2.61. The van der Waals surface area contributed by atoms with E-state index >= 15 is 0 Å². The molecular formula is C16H14ClN5O4. The number of benzene rings is 1. The Bertz CT molecular complexity index is 1240. The molecule has 3 aromatic rings. The zero-order chi connectivity index (χ0) is 19.2. The number of nitrogens with two attached hydrogens (primary N) is 1. The maximum absolute atomic E-state index is 12.6. The first-order valence-corrected chi connectivity index (χ1v) is 7.83. The number of ketones is 1. The molecule has 0 amide bonds. The lowest BCUT2D eigenvalue weighted by Gasteiger charge is -2.11. The second-order valence-corrected chi connectivity index (χ2v) is 6.16. The van der Waals surface area contributed by atoms with Gasteiger partial charge in [0.15, 0.2) is 5.78 Å². The second kappa shape index (κ2) is 6.26. The van der Waals surface area contributed by atoms with Gasteiger partial charge in [0, 0.05) is 19.1 Å². The summed E-state index contributed by atoms with van der Waals surface area (Å²) in [5.74, 6) is -0.961. The van der Waals surface area contributed by atoms with E-state index in [2.05, 4.69) is 4.98 Å². The second-order valence-electron chi connectivity index (χ2n) is 5.73. The van der Waals surface area contributed by atoms with E-state index in [-0.39, 0.29) is 16.8 Å². The Hall–Kier alpha value is -3.20. The van der Waals surface area contributed by atoms with Crippen molar-refractivity contribution in [2.45, 2.75) is 6.54 Å². The summed E-state index contributed by atoms with van der Waals surface area (Å²) in [7, 11) is 2.59. The molecule has 0 radical (unpaired) electrons. The minimum absolute atomic E-state index is 0.245. The van der Waals surface area contributed by atoms with E-state index in [1.165, 1.54) is 26.5 Å². The van der Waals surface area contributed by atoms with Gasteiger partial charge in [-0.1, -0.05) is 11.6 Å². The van der Waals surface area contributed by atoms with Gasteiger partial charge < -0.3 is 5.73 Å². The molecule has 9 nitrogen and oxygen atoms in total. The van der Waals surface area contributed by atoms with Gasteiger partial charge in [0.1, 0.15) is 11.4 Å². The van der Waals surface area contributed by atoms with E-state index < -0.39 is 29.1 Å². The standard InChI is InChI=1S/C16H14ClN5O4/c1-20-13(18)12(15(25)21(2)16(20)26)11(23)6-22-7-19-10-4-3-8(17)5-9(10)14(22)24/h3-5,7H,6,18H2,1-2H3. The Kier molecular flexibility index (Phi) is 4.25. The number of fused-ring (bicyclic) bond motifs is 1. The van der Waals surface area contributed by atoms with E-state index in [0.717, 1.165) is 13.7 Å². The molecule has 0 saturated carbocycles. The maximum atomic E-state index is 12.6. The van der Waals surface area contributed by atoms with Crippen LogP contribution in [0.4, 0.5) is 5.82 Å². The lowest BCUT2D eigenvalue weighted by Crippen LogP contribution is -2.42. The number of hydrogen-bond donors (Lipinski definition) is 1. The Balaban J connectivity index is 2.12. The molecule has 0 aliphatic heterocycles. The molecule has 1 aromatic carbocycles. The van der Waals surface area contributed by atoms with Crippen molar-refractivity contribution in [3.63, 3.8) is 0 Å². The van der Waals surface area contributed by atoms with Crippen LogP contribution in [-0.2, 0) is 20.6 Å². The minimum atomic E-state index is -0.819. The molecule has 0 aliphatic rings. The van der Waals surface area contributed by atoms with Gasteiger partial charge in [-0.3, -0.25) is 28.1 Å². The summed E-state index contributed by atoms with van der Waals surface area (Å²) < 4.78 is 2.84. The molecule has 2 aromatic heterocycles. The Morgan fingerprint density at radius 3 is 2.54 bits per heavy atom. The fourth-order valence-corrected chi connectivity index (χ4v) is 2.77. The van der Waals surface area contributed by atoms with Crippen molar-refractivity contribution in [3.8, 4) is 0 Å². The summed E-state index contributed by atoms with van der Waals surface area (Å²) in [6.07, 6.45) is 1.21. The van der Waals surface area contributed by atoms with Gasteiger partial charge in [-0.15, -0.1) is 0 Å². The number of carbonyl (C=O) groups excluding carboxylic acids is 1. The van der Waals surface area contributed by atoms with Crippen molar-refractivity contribution in [1.82, 2.24) is 18.7 Å². The maximum Gasteiger partial charge on any atom is 0.332 e. The third-order valence-corrected chi connectivity index (χ3v) is 4.32. The predicted molar refractivity (Wildman–Crippen MR) is 96.7 cm³/mol. The Morgan fingerprint density at radius 1 is 1.15 bits per heavy atom. The molecule has 0 aliphatic carbocycles. The van der Waals surface area contributed by atoms with Crippen molar-refractivity contribution < 1.29 is 4.79 Å². The van der Waals surface area contributed by atoms with Gasteiger partial charge in [0.25, 0.3) is 11.1 Å². The molecule has 0 atom stereocenters. The lowest BCUT2D eigenvalue weighted by atomic mass is 10.2. The molecular weight excluding hydrogens is 362 g/mol. The summed E-state index contributed by atoms with van der Waals surface area (Å²) in [6.45, 7) is -0.452. The van der Waals surface area contributed by atoms with Crippen molar-refractivity contribution >= 4 is 34.1 Å². The quantitative estimate of drug-likeness (QED) is 0.638. The summed E-state index contributed by atoms with van der Waals surface area (Å²) in [5.41, 5.74) is 3.89. The monoisotopic (exact) mass is 375 g/mol. The smallest absolute Gasteiger partial charge is 0.332 e. The molecule has 134 valence electrons. The fraction of sp³-hybridized carbons (Fsp3) is 0.188. The highest BCUT2D eigenvalue weighted by molar-refractivity contribution is 6.31. The Labute approximate surface area is 150 Å². The van der Waals surface area contributed by atoms with Crippen LogP contribution in [0, 0.1) is 0 Å². The van der Waals surface area contributed by atoms with Crippen LogP contribution in [0.25, 0.3) is 10.9 Å². The number of rotatable bonds is 3. The number of halogens is 1. The van der Waals surface area contributed by atoms with Crippen molar-refractivity contribution in [2.24, 2.45) is 14.1 Å². The highest BCUT2D eigenvalue weighted by Crippen LogP contribution is 2.14. The number of anilines is 1. The lowest BCUT2D eigenvalue weighted by molar-refractivity contribution is 0.0968. The van der Waals surface area contributed by atoms with Crippen molar-refractivity contribution in [1.29, 1.82) is 0 Å². The number of hydrogen-bond acceptors (Lipinski definition) is 6. The summed E-state index contributed by atoms with van der Waals surface area (Å²) in [4.78, 5) is 53.4. The molecule has 10 heteroatoms. The van der Waals surface area contributed by atoms with E-state index in [1.807, 2.05) is 0 Å². The fourth-order valence-electron chi connectivity index (χ4n) is 2.60. The molecule has 2 heterocycles. The van der Waals surface area contributed by atoms with Crippen LogP contribution in [0.3, 0.4) is 0 Å². The van der Waals surface area contributed by atoms with Crippen LogP contribution in [0.15, 0.2) is 38.9 Å². The largest absolute Gasteiger partial charge is 0.384 e. The summed E-state index contributed by atoms with van der Waals surface area (Å²) >= 11 is 5.90. The van der Waals surface area contributed by atoms with Crippen LogP contribution in [-0.4, -0.2) is 24.5 Å². The molecule has 2 N–H and O–H groups in total. The molecule has 0 bridgehead atoms. The van der Waals surface area contributed by atoms with Crippen LogP contribution in [0.1, 0.15) is 10.4 Å². The molecule has 0 fully saturated rings. The first-order valence-electron chi connectivity index (χ1n) is 7.45. The van der Waals surface area contributed by atoms with E-state index in [0.29, 0.717) is 10.5 Å². The first kappa shape index (κ1) is 17.6. The molecule has 0 unspecified atom stereocenters. The highest BCUT2D eigenvalue weighted by Gasteiger charge is 2.21. The molecule has 0 spiro atoms. The van der Waals surface area contributed by atoms with Crippen LogP contribution in [0.5, 0.6) is 0 Å². The molecule has 0 saturated heterocycles. The predicted octanol–water partition coefficient (Wildman–Crippen LogP) is -0.0876. The first-order chi connectivity index (χ1) is 12.2. The van der Waals surface area contributed by atoms with Gasteiger partial charge in [-0.25, -0.2) is 9.78 Å². The van der Waals surface area contributed by atoms with Gasteiger partial charge in [0.2, 0.25) is 0 Å². The van der Waals surface area contributed by atoms with Gasteiger partial charge in [-0.05, 0) is 18.2 Å². The van der Waals surface area contributed by atoms with E-state index in [9.17, 15) is 19.2 Å². The topological polar surface area (TPSA) is 122 Å². The van der Waals surface area contributed by atoms with Crippen LogP contribution in [0.2, 0.25) is 5.02 Å². The van der Waals surface area contributed by atoms with Crippen molar-refractivity contribution in [3.05, 3.63) is 66.3 Å². The number of aromatic nitrogens is 4. The van der Waals surface area contributed by atoms with Crippen LogP contribution >= 0.6 is 11.6 Å². The average molecular weight is 376 g/mol. The van der Waals surface area contributed by atoms with E-state index in [4.69, 9.17) is 17.3 Å². The number of nitrogens with zero attached hydrogens (tertiary/aromatic N) is 4. The zero-order valence-electron chi connectivity index (χ0n) is 13.9. The third kappa shape index (κ3) is 2.72. The SMILES string of the molecule is Cn1c(N)c(C(=O)Cn2cnc3ccc(Cl)cc3c2=O)c(=O)n(C)c1=O. The highest BCUT2D eigenvalue weighted by atomic mass is 35.5. The molecule has 26 heavy (non-hydrogen) atoms. The normalized spacial score (nSPS) is 11.0. The van der Waals surface area contributed by atoms with Crippen molar-refractivity contribution in [2.75, 3.05) is 5.73 Å². The summed E-state index contributed by atoms with van der Waals surface area (Å²) in [6, 6.07) is 4.64. The molecule has 3 rings (SSSR count). The number of carbonyl (C=O) groups is 1. The van der Waals surface area contributed by atoms with Gasteiger partial charge >= 0.3 is 5.69 Å². The third-order valence-electron chi connectivity index (χ3n) is 4.09. The number of nitrogen functional groups attached to an aromatic ring is 1.